The Morgan fingerprint density at radius 2 is 1.41 bits per heavy atom. The van der Waals surface area contributed by atoms with Gasteiger partial charge in [-0.25, -0.2) is 0 Å². The van der Waals surface area contributed by atoms with Gasteiger partial charge < -0.3 is 20.1 Å². The summed E-state index contributed by atoms with van der Waals surface area (Å²) in [7, 11) is 0. The molecular weight excluding hydrogens is 450 g/mol. The predicted octanol–water partition coefficient (Wildman–Crippen LogP) is 4.41. The molecule has 0 heterocycles. The molecule has 0 aliphatic rings. The van der Waals surface area contributed by atoms with E-state index in [1.54, 1.807) is 48.5 Å². The summed E-state index contributed by atoms with van der Waals surface area (Å²) in [6, 6.07) is 23.2. The highest BCUT2D eigenvalue weighted by Crippen LogP contribution is 2.15. The summed E-state index contributed by atoms with van der Waals surface area (Å²) in [6.45, 7) is 4.50. The van der Waals surface area contributed by atoms with Crippen molar-refractivity contribution in [1.29, 1.82) is 0 Å². The van der Waals surface area contributed by atoms with Gasteiger partial charge in [0.1, 0.15) is 24.7 Å². The van der Waals surface area contributed by atoms with Gasteiger partial charge in [-0.15, -0.1) is 0 Å². The standard InChI is InChI=1S/C26H27N3O4S/c1-18(2)27-24(30)19-8-6-10-21(16-19)28-26(34)29-25(31)20-9-7-13-23(17-20)33-15-14-32-22-11-4-3-5-12-22/h3-13,16-18H,14-15H2,1-2H3,(H,27,30)(H2,28,29,31,34). The third kappa shape index (κ3) is 7.90. The normalized spacial score (nSPS) is 10.3. The first kappa shape index (κ1) is 24.7. The fourth-order valence-electron chi connectivity index (χ4n) is 2.98. The maximum Gasteiger partial charge on any atom is 0.257 e. The van der Waals surface area contributed by atoms with Crippen LogP contribution in [0.5, 0.6) is 11.5 Å². The van der Waals surface area contributed by atoms with Crippen LogP contribution >= 0.6 is 12.2 Å². The molecule has 0 spiro atoms. The molecule has 3 rings (SSSR count). The molecule has 3 N–H and O–H groups in total. The number of benzene rings is 3. The van der Waals surface area contributed by atoms with Gasteiger partial charge in [-0.05, 0) is 74.6 Å². The zero-order chi connectivity index (χ0) is 24.3. The van der Waals surface area contributed by atoms with Crippen LogP contribution in [0.2, 0.25) is 0 Å². The van der Waals surface area contributed by atoms with Gasteiger partial charge >= 0.3 is 0 Å². The molecule has 0 bridgehead atoms. The van der Waals surface area contributed by atoms with E-state index in [1.165, 1.54) is 0 Å². The Kier molecular flexibility index (Phi) is 8.99. The molecular formula is C26H27N3O4S. The molecule has 176 valence electrons. The second-order valence-corrected chi connectivity index (χ2v) is 8.06. The summed E-state index contributed by atoms with van der Waals surface area (Å²) in [5.74, 6) is 0.759. The first-order valence-electron chi connectivity index (χ1n) is 10.8. The highest BCUT2D eigenvalue weighted by Gasteiger charge is 2.11. The van der Waals surface area contributed by atoms with Crippen LogP contribution in [0.1, 0.15) is 34.6 Å². The average Bonchev–Trinajstić information content (AvgIpc) is 2.82. The van der Waals surface area contributed by atoms with E-state index in [2.05, 4.69) is 16.0 Å². The van der Waals surface area contributed by atoms with Crippen molar-refractivity contribution in [1.82, 2.24) is 10.6 Å². The number of carbonyl (C=O) groups excluding carboxylic acids is 2. The zero-order valence-electron chi connectivity index (χ0n) is 19.0. The van der Waals surface area contributed by atoms with Crippen molar-refractivity contribution in [2.45, 2.75) is 19.9 Å². The van der Waals surface area contributed by atoms with Crippen molar-refractivity contribution in [2.24, 2.45) is 0 Å². The summed E-state index contributed by atoms with van der Waals surface area (Å²) < 4.78 is 11.3. The van der Waals surface area contributed by atoms with E-state index >= 15 is 0 Å². The maximum atomic E-state index is 12.6. The smallest absolute Gasteiger partial charge is 0.257 e. The molecule has 0 saturated heterocycles. The summed E-state index contributed by atoms with van der Waals surface area (Å²) in [6.07, 6.45) is 0. The number of amides is 2. The van der Waals surface area contributed by atoms with Gasteiger partial charge in [0.05, 0.1) is 0 Å². The first-order valence-corrected chi connectivity index (χ1v) is 11.3. The number of anilines is 1. The molecule has 0 aliphatic heterocycles. The monoisotopic (exact) mass is 477 g/mol. The lowest BCUT2D eigenvalue weighted by atomic mass is 10.2. The minimum atomic E-state index is -0.378. The number of ether oxygens (including phenoxy) is 2. The average molecular weight is 478 g/mol. The number of hydrogen-bond acceptors (Lipinski definition) is 5. The van der Waals surface area contributed by atoms with E-state index in [9.17, 15) is 9.59 Å². The predicted molar refractivity (Wildman–Crippen MR) is 137 cm³/mol. The Morgan fingerprint density at radius 1 is 0.794 bits per heavy atom. The minimum absolute atomic E-state index is 0.0283. The van der Waals surface area contributed by atoms with Crippen LogP contribution in [0.4, 0.5) is 5.69 Å². The van der Waals surface area contributed by atoms with Crippen LogP contribution in [-0.2, 0) is 0 Å². The summed E-state index contributed by atoms with van der Waals surface area (Å²) >= 11 is 5.26. The lowest BCUT2D eigenvalue weighted by Crippen LogP contribution is -2.34. The van der Waals surface area contributed by atoms with Gasteiger partial charge in [-0.3, -0.25) is 14.9 Å². The SMILES string of the molecule is CC(C)NC(=O)c1cccc(NC(=S)NC(=O)c2cccc(OCCOc3ccccc3)c2)c1. The molecule has 0 fully saturated rings. The summed E-state index contributed by atoms with van der Waals surface area (Å²) in [5.41, 5.74) is 1.49. The van der Waals surface area contributed by atoms with Crippen molar-refractivity contribution >= 4 is 34.8 Å². The van der Waals surface area contributed by atoms with E-state index in [-0.39, 0.29) is 23.0 Å². The number of hydrogen-bond donors (Lipinski definition) is 3. The molecule has 0 aromatic heterocycles. The van der Waals surface area contributed by atoms with Crippen LogP contribution in [0.3, 0.4) is 0 Å². The van der Waals surface area contributed by atoms with E-state index in [1.807, 2.05) is 44.2 Å². The van der Waals surface area contributed by atoms with Crippen LogP contribution in [-0.4, -0.2) is 36.2 Å². The fourth-order valence-corrected chi connectivity index (χ4v) is 3.19. The Labute approximate surface area is 204 Å². The van der Waals surface area contributed by atoms with Gasteiger partial charge in [0.15, 0.2) is 5.11 Å². The molecule has 8 heteroatoms. The molecule has 3 aromatic carbocycles. The van der Waals surface area contributed by atoms with Crippen LogP contribution in [0.25, 0.3) is 0 Å². The Bertz CT molecular complexity index is 1140. The van der Waals surface area contributed by atoms with Crippen molar-refractivity contribution in [3.63, 3.8) is 0 Å². The van der Waals surface area contributed by atoms with Crippen LogP contribution in [0, 0.1) is 0 Å². The third-order valence-corrected chi connectivity index (χ3v) is 4.69. The van der Waals surface area contributed by atoms with Crippen LogP contribution in [0.15, 0.2) is 78.9 Å². The largest absolute Gasteiger partial charge is 0.490 e. The number of rotatable bonds is 9. The van der Waals surface area contributed by atoms with Gasteiger partial charge in [0.2, 0.25) is 0 Å². The molecule has 0 atom stereocenters. The number of carbonyl (C=O) groups is 2. The number of thiocarbonyl (C=S) groups is 1. The quantitative estimate of drug-likeness (QED) is 0.313. The third-order valence-electron chi connectivity index (χ3n) is 4.49. The lowest BCUT2D eigenvalue weighted by Gasteiger charge is -2.12. The van der Waals surface area contributed by atoms with E-state index in [0.717, 1.165) is 5.75 Å². The fraction of sp³-hybridized carbons (Fsp3) is 0.192. The Balaban J connectivity index is 1.50. The Hall–Kier alpha value is -3.91. The Morgan fingerprint density at radius 3 is 2.12 bits per heavy atom. The molecule has 2 amide bonds. The lowest BCUT2D eigenvalue weighted by molar-refractivity contribution is 0.0941. The van der Waals surface area contributed by atoms with Crippen molar-refractivity contribution in [2.75, 3.05) is 18.5 Å². The topological polar surface area (TPSA) is 88.7 Å². The molecule has 34 heavy (non-hydrogen) atoms. The minimum Gasteiger partial charge on any atom is -0.490 e. The van der Waals surface area contributed by atoms with Crippen molar-refractivity contribution in [3.05, 3.63) is 90.0 Å². The molecule has 0 aliphatic carbocycles. The number of nitrogens with one attached hydrogen (secondary N) is 3. The molecule has 0 saturated carbocycles. The number of para-hydroxylation sites is 1. The van der Waals surface area contributed by atoms with E-state index in [0.29, 0.717) is 35.8 Å². The molecule has 0 radical (unpaired) electrons. The second kappa shape index (κ2) is 12.4. The van der Waals surface area contributed by atoms with E-state index < -0.39 is 0 Å². The summed E-state index contributed by atoms with van der Waals surface area (Å²) in [5, 5.41) is 8.53. The van der Waals surface area contributed by atoms with E-state index in [4.69, 9.17) is 21.7 Å². The molecule has 3 aromatic rings. The molecule has 7 nitrogen and oxygen atoms in total. The highest BCUT2D eigenvalue weighted by molar-refractivity contribution is 7.80. The van der Waals surface area contributed by atoms with Gasteiger partial charge in [0.25, 0.3) is 11.8 Å². The van der Waals surface area contributed by atoms with Gasteiger partial charge in [-0.1, -0.05) is 30.3 Å². The molecule has 0 unspecified atom stereocenters. The summed E-state index contributed by atoms with van der Waals surface area (Å²) in [4.78, 5) is 24.8. The van der Waals surface area contributed by atoms with Gasteiger partial charge in [0, 0.05) is 22.9 Å². The van der Waals surface area contributed by atoms with Crippen molar-refractivity contribution < 1.29 is 19.1 Å². The first-order chi connectivity index (χ1) is 16.4. The second-order valence-electron chi connectivity index (χ2n) is 7.66. The van der Waals surface area contributed by atoms with Crippen LogP contribution < -0.4 is 25.4 Å². The van der Waals surface area contributed by atoms with Gasteiger partial charge in [-0.2, -0.15) is 0 Å². The maximum absolute atomic E-state index is 12.6. The van der Waals surface area contributed by atoms with Crippen molar-refractivity contribution in [3.8, 4) is 11.5 Å². The highest BCUT2D eigenvalue weighted by atomic mass is 32.1. The zero-order valence-corrected chi connectivity index (χ0v) is 19.9.